The quantitative estimate of drug-likeness (QED) is 0.135. The molecular weight excluding hydrogens is 598 g/mol. The Morgan fingerprint density at radius 3 is 2.56 bits per heavy atom. The SMILES string of the molecule is CC1(C)C2=C(/C=C/c3oc4cc(S(=O)(=O)[O-])ccc4[n+]3CCCCCC(=O)ON3C(=O)CCC3=O)CCCN2c2ccccc21. The summed E-state index contributed by atoms with van der Waals surface area (Å²) < 4.78 is 43.2. The maximum atomic E-state index is 12.2. The van der Waals surface area contributed by atoms with Crippen LogP contribution in [-0.4, -0.2) is 42.4 Å². The van der Waals surface area contributed by atoms with Crippen molar-refractivity contribution >= 4 is 50.8 Å². The number of anilines is 1. The average Bonchev–Trinajstić information content (AvgIpc) is 3.60. The Labute approximate surface area is 261 Å². The highest BCUT2D eigenvalue weighted by molar-refractivity contribution is 7.85. The van der Waals surface area contributed by atoms with Gasteiger partial charge in [-0.3, -0.25) is 9.59 Å². The number of hydrogen-bond donors (Lipinski definition) is 0. The minimum absolute atomic E-state index is 0.0449. The van der Waals surface area contributed by atoms with Crippen LogP contribution >= 0.6 is 0 Å². The molecule has 1 fully saturated rings. The number of allylic oxidation sites excluding steroid dienone is 3. The molecule has 0 atom stereocenters. The number of nitrogens with zero attached hydrogens (tertiary/aromatic N) is 3. The van der Waals surface area contributed by atoms with Crippen molar-refractivity contribution in [1.29, 1.82) is 0 Å². The summed E-state index contributed by atoms with van der Waals surface area (Å²) in [5.41, 5.74) is 5.74. The van der Waals surface area contributed by atoms with E-state index in [-0.39, 0.29) is 35.2 Å². The van der Waals surface area contributed by atoms with E-state index in [1.807, 2.05) is 10.6 Å². The monoisotopic (exact) mass is 633 g/mol. The van der Waals surface area contributed by atoms with Crippen LogP contribution in [0.3, 0.4) is 0 Å². The second kappa shape index (κ2) is 11.9. The fourth-order valence-electron chi connectivity index (χ4n) is 6.63. The number of carbonyl (C=O) groups is 3. The first-order valence-corrected chi connectivity index (χ1v) is 16.6. The van der Waals surface area contributed by atoms with Gasteiger partial charge in [-0.05, 0) is 55.0 Å². The molecule has 0 bridgehead atoms. The number of amides is 2. The highest BCUT2D eigenvalue weighted by atomic mass is 32.2. The molecule has 1 aromatic heterocycles. The number of hydroxylamine groups is 2. The maximum absolute atomic E-state index is 12.2. The Morgan fingerprint density at radius 1 is 1.04 bits per heavy atom. The fraction of sp³-hybridized carbons (Fsp3) is 0.394. The highest BCUT2D eigenvalue weighted by Gasteiger charge is 2.42. The smallest absolute Gasteiger partial charge is 0.374 e. The number of benzene rings is 2. The molecule has 3 aliphatic rings. The molecule has 2 aromatic carbocycles. The highest BCUT2D eigenvalue weighted by Crippen LogP contribution is 2.51. The van der Waals surface area contributed by atoms with Gasteiger partial charge in [-0.1, -0.05) is 32.0 Å². The van der Waals surface area contributed by atoms with E-state index in [9.17, 15) is 27.4 Å². The molecule has 1 saturated heterocycles. The number of imide groups is 1. The third kappa shape index (κ3) is 5.91. The van der Waals surface area contributed by atoms with Crippen LogP contribution in [0.4, 0.5) is 5.69 Å². The van der Waals surface area contributed by atoms with Gasteiger partial charge >= 0.3 is 11.9 Å². The molecule has 0 aliphatic carbocycles. The van der Waals surface area contributed by atoms with Gasteiger partial charge in [0, 0.05) is 61.2 Å². The second-order valence-corrected chi connectivity index (χ2v) is 13.5. The summed E-state index contributed by atoms with van der Waals surface area (Å²) in [6.07, 6.45) is 7.80. The standard InChI is InChI=1S/C33H35N3O8S/c1-33(2)24-10-5-6-11-25(24)35-20-8-9-22(32(33)35)13-18-30-34(26-15-14-23(45(40,41)42)21-27(26)43-30)19-7-3-4-12-31(39)44-36-28(37)16-17-29(36)38/h5-6,10-11,13-15,18,21H,3-4,7-9,12,16-17,19-20H2,1-2H3. The summed E-state index contributed by atoms with van der Waals surface area (Å²) >= 11 is 0. The van der Waals surface area contributed by atoms with Crippen LogP contribution in [0.15, 0.2) is 69.1 Å². The molecule has 45 heavy (non-hydrogen) atoms. The number of rotatable bonds is 10. The van der Waals surface area contributed by atoms with E-state index in [0.717, 1.165) is 19.4 Å². The fourth-order valence-corrected chi connectivity index (χ4v) is 7.11. The van der Waals surface area contributed by atoms with Gasteiger partial charge < -0.3 is 18.7 Å². The lowest BCUT2D eigenvalue weighted by Crippen LogP contribution is -2.35. The van der Waals surface area contributed by atoms with Crippen molar-refractivity contribution in [1.82, 2.24) is 5.06 Å². The summed E-state index contributed by atoms with van der Waals surface area (Å²) in [4.78, 5) is 42.5. The van der Waals surface area contributed by atoms with Crippen LogP contribution < -0.4 is 9.47 Å². The summed E-state index contributed by atoms with van der Waals surface area (Å²) in [7, 11) is -4.66. The van der Waals surface area contributed by atoms with Gasteiger partial charge in [0.15, 0.2) is 6.54 Å². The molecule has 2 amide bonds. The van der Waals surface area contributed by atoms with Crippen LogP contribution in [0.5, 0.6) is 0 Å². The Kier molecular flexibility index (Phi) is 8.13. The summed E-state index contributed by atoms with van der Waals surface area (Å²) in [6, 6.07) is 12.6. The van der Waals surface area contributed by atoms with Gasteiger partial charge in [0.05, 0.1) is 11.0 Å². The van der Waals surface area contributed by atoms with E-state index in [0.29, 0.717) is 42.3 Å². The molecule has 0 N–H and O–H groups in total. The van der Waals surface area contributed by atoms with Gasteiger partial charge in [0.2, 0.25) is 5.58 Å². The number of hydrogen-bond acceptors (Lipinski definition) is 9. The van der Waals surface area contributed by atoms with Crippen LogP contribution in [-0.2, 0) is 41.3 Å². The second-order valence-electron chi connectivity index (χ2n) is 12.1. The van der Waals surface area contributed by atoms with Crippen LogP contribution in [0, 0.1) is 0 Å². The first-order chi connectivity index (χ1) is 21.4. The lowest BCUT2D eigenvalue weighted by molar-refractivity contribution is -0.678. The Balaban J connectivity index is 1.22. The molecule has 12 heteroatoms. The van der Waals surface area contributed by atoms with E-state index in [1.165, 1.54) is 34.7 Å². The number of aromatic nitrogens is 1. The van der Waals surface area contributed by atoms with Crippen molar-refractivity contribution in [3.8, 4) is 0 Å². The van der Waals surface area contributed by atoms with Gasteiger partial charge in [0.1, 0.15) is 10.1 Å². The third-order valence-electron chi connectivity index (χ3n) is 8.74. The topological polar surface area (TPSA) is 141 Å². The van der Waals surface area contributed by atoms with E-state index < -0.39 is 27.9 Å². The zero-order valence-corrected chi connectivity index (χ0v) is 26.1. The molecule has 236 valence electrons. The molecule has 0 radical (unpaired) electrons. The van der Waals surface area contributed by atoms with Crippen molar-refractivity contribution in [2.45, 2.75) is 82.1 Å². The molecule has 0 saturated carbocycles. The van der Waals surface area contributed by atoms with E-state index in [4.69, 9.17) is 9.25 Å². The number of para-hydroxylation sites is 1. The molecule has 3 aliphatic heterocycles. The van der Waals surface area contributed by atoms with Crippen molar-refractivity contribution in [2.24, 2.45) is 0 Å². The normalized spacial score (nSPS) is 17.9. The molecule has 11 nitrogen and oxygen atoms in total. The van der Waals surface area contributed by atoms with E-state index in [1.54, 1.807) is 6.07 Å². The predicted octanol–water partition coefficient (Wildman–Crippen LogP) is 4.65. The van der Waals surface area contributed by atoms with Crippen molar-refractivity contribution in [2.75, 3.05) is 11.4 Å². The number of carbonyl (C=O) groups excluding carboxylic acids is 3. The minimum Gasteiger partial charge on any atom is -0.744 e. The van der Waals surface area contributed by atoms with Crippen molar-refractivity contribution < 1.29 is 41.2 Å². The van der Waals surface area contributed by atoms with Gasteiger partial charge in [-0.25, -0.2) is 13.2 Å². The Bertz CT molecular complexity index is 1860. The van der Waals surface area contributed by atoms with Crippen molar-refractivity contribution in [3.63, 3.8) is 0 Å². The molecule has 4 heterocycles. The largest absolute Gasteiger partial charge is 0.744 e. The van der Waals surface area contributed by atoms with Gasteiger partial charge in [0.25, 0.3) is 17.3 Å². The summed E-state index contributed by atoms with van der Waals surface area (Å²) in [5.74, 6) is -1.15. The van der Waals surface area contributed by atoms with Crippen LogP contribution in [0.1, 0.15) is 76.7 Å². The summed E-state index contributed by atoms with van der Waals surface area (Å²) in [5, 5.41) is 0.554. The van der Waals surface area contributed by atoms with Crippen LogP contribution in [0.2, 0.25) is 0 Å². The molecule has 6 rings (SSSR count). The first-order valence-electron chi connectivity index (χ1n) is 15.2. The predicted molar refractivity (Wildman–Crippen MR) is 162 cm³/mol. The Morgan fingerprint density at radius 2 is 1.80 bits per heavy atom. The van der Waals surface area contributed by atoms with Crippen molar-refractivity contribution in [3.05, 3.63) is 71.3 Å². The number of fused-ring (bicyclic) bond motifs is 4. The lowest BCUT2D eigenvalue weighted by atomic mass is 9.80. The number of unbranched alkanes of at least 4 members (excludes halogenated alkanes) is 2. The number of oxazole rings is 1. The molecule has 3 aromatic rings. The molecule has 0 spiro atoms. The Hall–Kier alpha value is -4.29. The minimum atomic E-state index is -4.66. The van der Waals surface area contributed by atoms with E-state index in [2.05, 4.69) is 49.1 Å². The van der Waals surface area contributed by atoms with Gasteiger partial charge in [-0.2, -0.15) is 4.57 Å². The third-order valence-corrected chi connectivity index (χ3v) is 9.57. The average molecular weight is 634 g/mol. The lowest BCUT2D eigenvalue weighted by Gasteiger charge is -2.33. The summed E-state index contributed by atoms with van der Waals surface area (Å²) in [6.45, 7) is 5.93. The zero-order chi connectivity index (χ0) is 31.9. The molecule has 0 unspecified atom stereocenters. The van der Waals surface area contributed by atoms with Gasteiger partial charge in [-0.15, -0.1) is 5.06 Å². The zero-order valence-electron chi connectivity index (χ0n) is 25.3. The maximum Gasteiger partial charge on any atom is 0.374 e. The van der Waals surface area contributed by atoms with E-state index >= 15 is 0 Å². The molecular formula is C33H35N3O8S. The first kappa shape index (κ1) is 30.7. The van der Waals surface area contributed by atoms with Crippen LogP contribution in [0.25, 0.3) is 17.2 Å². The number of aryl methyl sites for hydroxylation is 1.